The van der Waals surface area contributed by atoms with Crippen molar-refractivity contribution in [1.82, 2.24) is 10.2 Å². The molecule has 21 heavy (non-hydrogen) atoms. The largest absolute Gasteiger partial charge is 0.497 e. The van der Waals surface area contributed by atoms with Crippen LogP contribution in [0, 0.1) is 0 Å². The van der Waals surface area contributed by atoms with Gasteiger partial charge in [-0.25, -0.2) is 4.79 Å². The maximum Gasteiger partial charge on any atom is 0.317 e. The van der Waals surface area contributed by atoms with E-state index in [2.05, 4.69) is 5.32 Å². The van der Waals surface area contributed by atoms with Crippen LogP contribution in [-0.4, -0.2) is 44.3 Å². The lowest BCUT2D eigenvalue weighted by Gasteiger charge is -2.18. The van der Waals surface area contributed by atoms with Gasteiger partial charge in [-0.05, 0) is 38.0 Å². The van der Waals surface area contributed by atoms with Crippen LogP contribution >= 0.6 is 0 Å². The Morgan fingerprint density at radius 2 is 2.14 bits per heavy atom. The Bertz CT molecular complexity index is 435. The molecule has 0 fully saturated rings. The Morgan fingerprint density at radius 1 is 1.38 bits per heavy atom. The number of carbonyl (C=O) groups is 1. The van der Waals surface area contributed by atoms with E-state index in [1.807, 2.05) is 38.1 Å². The third-order valence-electron chi connectivity index (χ3n) is 2.95. The van der Waals surface area contributed by atoms with Crippen molar-refractivity contribution < 1.29 is 14.3 Å². The zero-order valence-electron chi connectivity index (χ0n) is 13.4. The van der Waals surface area contributed by atoms with Gasteiger partial charge < -0.3 is 19.7 Å². The van der Waals surface area contributed by atoms with Crippen molar-refractivity contribution in [2.24, 2.45) is 0 Å². The van der Waals surface area contributed by atoms with Crippen molar-refractivity contribution in [2.75, 3.05) is 27.3 Å². The first-order chi connectivity index (χ1) is 10.0. The van der Waals surface area contributed by atoms with E-state index in [0.29, 0.717) is 19.7 Å². The molecule has 1 N–H and O–H groups in total. The lowest BCUT2D eigenvalue weighted by molar-refractivity contribution is 0.0772. The first-order valence-electron chi connectivity index (χ1n) is 7.26. The lowest BCUT2D eigenvalue weighted by Crippen LogP contribution is -2.37. The van der Waals surface area contributed by atoms with Crippen LogP contribution in [0.1, 0.15) is 25.8 Å². The minimum atomic E-state index is -0.0811. The molecule has 0 aromatic heterocycles. The summed E-state index contributed by atoms with van der Waals surface area (Å²) in [5.41, 5.74) is 1.04. The van der Waals surface area contributed by atoms with Crippen LogP contribution in [0.2, 0.25) is 0 Å². The molecule has 1 aromatic rings. The predicted octanol–water partition coefficient (Wildman–Crippen LogP) is 2.65. The zero-order chi connectivity index (χ0) is 15.7. The first kappa shape index (κ1) is 17.3. The molecule has 0 aliphatic rings. The summed E-state index contributed by atoms with van der Waals surface area (Å²) in [5.74, 6) is 0.798. The number of hydrogen-bond donors (Lipinski definition) is 1. The van der Waals surface area contributed by atoms with Crippen molar-refractivity contribution >= 4 is 6.03 Å². The molecule has 0 saturated heterocycles. The average Bonchev–Trinajstić information content (AvgIpc) is 2.46. The summed E-state index contributed by atoms with van der Waals surface area (Å²) in [6, 6.07) is 7.63. The van der Waals surface area contributed by atoms with E-state index in [1.165, 1.54) is 0 Å². The standard InChI is InChI=1S/C16H26N2O3/c1-13(2)21-10-6-9-17-16(19)18(3)12-14-7-5-8-15(11-14)20-4/h5,7-8,11,13H,6,9-10,12H2,1-4H3,(H,17,19). The molecule has 118 valence electrons. The van der Waals surface area contributed by atoms with Crippen LogP contribution in [0.3, 0.4) is 0 Å². The molecule has 5 nitrogen and oxygen atoms in total. The minimum absolute atomic E-state index is 0.0811. The Morgan fingerprint density at radius 3 is 2.81 bits per heavy atom. The summed E-state index contributed by atoms with van der Waals surface area (Å²) in [4.78, 5) is 13.6. The maximum absolute atomic E-state index is 11.9. The van der Waals surface area contributed by atoms with Crippen LogP contribution in [0.5, 0.6) is 5.75 Å². The second-order valence-electron chi connectivity index (χ2n) is 5.21. The van der Waals surface area contributed by atoms with Crippen LogP contribution < -0.4 is 10.1 Å². The SMILES string of the molecule is COc1cccc(CN(C)C(=O)NCCCOC(C)C)c1. The van der Waals surface area contributed by atoms with Crippen LogP contribution in [0.15, 0.2) is 24.3 Å². The van der Waals surface area contributed by atoms with E-state index in [4.69, 9.17) is 9.47 Å². The number of carbonyl (C=O) groups excluding carboxylic acids is 1. The number of amides is 2. The summed E-state index contributed by atoms with van der Waals surface area (Å²) in [6.07, 6.45) is 1.05. The number of methoxy groups -OCH3 is 1. The second-order valence-corrected chi connectivity index (χ2v) is 5.21. The molecule has 0 saturated carbocycles. The number of nitrogens with zero attached hydrogens (tertiary/aromatic N) is 1. The van der Waals surface area contributed by atoms with Crippen molar-refractivity contribution in [1.29, 1.82) is 0 Å². The van der Waals surface area contributed by atoms with E-state index >= 15 is 0 Å². The van der Waals surface area contributed by atoms with Crippen LogP contribution in [0.25, 0.3) is 0 Å². The van der Waals surface area contributed by atoms with Gasteiger partial charge in [0, 0.05) is 26.7 Å². The highest BCUT2D eigenvalue weighted by Gasteiger charge is 2.08. The van der Waals surface area contributed by atoms with Crippen molar-refractivity contribution in [3.8, 4) is 5.75 Å². The zero-order valence-corrected chi connectivity index (χ0v) is 13.4. The van der Waals surface area contributed by atoms with Gasteiger partial charge in [0.25, 0.3) is 0 Å². The molecule has 0 bridgehead atoms. The Balaban J connectivity index is 2.30. The number of benzene rings is 1. The van der Waals surface area contributed by atoms with Gasteiger partial charge in [-0.15, -0.1) is 0 Å². The fourth-order valence-electron chi connectivity index (χ4n) is 1.84. The highest BCUT2D eigenvalue weighted by molar-refractivity contribution is 5.73. The van der Waals surface area contributed by atoms with E-state index < -0.39 is 0 Å². The molecular formula is C16H26N2O3. The molecule has 1 aromatic carbocycles. The summed E-state index contributed by atoms with van der Waals surface area (Å²) in [6.45, 7) is 5.83. The summed E-state index contributed by atoms with van der Waals surface area (Å²) >= 11 is 0. The highest BCUT2D eigenvalue weighted by atomic mass is 16.5. The summed E-state index contributed by atoms with van der Waals surface area (Å²) in [7, 11) is 3.41. The van der Waals surface area contributed by atoms with Crippen molar-refractivity contribution in [3.05, 3.63) is 29.8 Å². The molecule has 0 aliphatic heterocycles. The fraction of sp³-hybridized carbons (Fsp3) is 0.562. The normalized spacial score (nSPS) is 10.5. The van der Waals surface area contributed by atoms with Crippen molar-refractivity contribution in [2.45, 2.75) is 32.9 Å². The topological polar surface area (TPSA) is 50.8 Å². The molecule has 0 radical (unpaired) electrons. The van der Waals surface area contributed by atoms with E-state index in [-0.39, 0.29) is 12.1 Å². The van der Waals surface area contributed by atoms with E-state index in [0.717, 1.165) is 17.7 Å². The van der Waals surface area contributed by atoms with Gasteiger partial charge in [0.15, 0.2) is 0 Å². The number of rotatable bonds is 8. The lowest BCUT2D eigenvalue weighted by atomic mass is 10.2. The third kappa shape index (κ3) is 6.99. The molecule has 0 aliphatic carbocycles. The highest BCUT2D eigenvalue weighted by Crippen LogP contribution is 2.13. The van der Waals surface area contributed by atoms with Crippen LogP contribution in [0.4, 0.5) is 4.79 Å². The number of urea groups is 1. The number of nitrogens with one attached hydrogen (secondary N) is 1. The maximum atomic E-state index is 11.9. The van der Waals surface area contributed by atoms with Gasteiger partial charge in [-0.3, -0.25) is 0 Å². The smallest absolute Gasteiger partial charge is 0.317 e. The van der Waals surface area contributed by atoms with Gasteiger partial charge >= 0.3 is 6.03 Å². The first-order valence-corrected chi connectivity index (χ1v) is 7.26. The van der Waals surface area contributed by atoms with E-state index in [1.54, 1.807) is 19.1 Å². The van der Waals surface area contributed by atoms with Gasteiger partial charge in [0.2, 0.25) is 0 Å². The van der Waals surface area contributed by atoms with Gasteiger partial charge in [0.05, 0.1) is 13.2 Å². The quantitative estimate of drug-likeness (QED) is 0.750. The molecule has 0 heterocycles. The molecule has 0 unspecified atom stereocenters. The van der Waals surface area contributed by atoms with Gasteiger partial charge in [0.1, 0.15) is 5.75 Å². The summed E-state index contributed by atoms with van der Waals surface area (Å²) in [5, 5.41) is 2.88. The number of hydrogen-bond acceptors (Lipinski definition) is 3. The fourth-order valence-corrected chi connectivity index (χ4v) is 1.84. The molecule has 5 heteroatoms. The predicted molar refractivity (Wildman–Crippen MR) is 83.6 cm³/mol. The molecule has 0 atom stereocenters. The second kappa shape index (κ2) is 9.23. The molecule has 1 rings (SSSR count). The monoisotopic (exact) mass is 294 g/mol. The Hall–Kier alpha value is -1.75. The van der Waals surface area contributed by atoms with Crippen molar-refractivity contribution in [3.63, 3.8) is 0 Å². The van der Waals surface area contributed by atoms with Crippen LogP contribution in [-0.2, 0) is 11.3 Å². The van der Waals surface area contributed by atoms with Gasteiger partial charge in [-0.1, -0.05) is 12.1 Å². The average molecular weight is 294 g/mol. The Kier molecular flexibility index (Phi) is 7.61. The molecule has 0 spiro atoms. The third-order valence-corrected chi connectivity index (χ3v) is 2.95. The van der Waals surface area contributed by atoms with Gasteiger partial charge in [-0.2, -0.15) is 0 Å². The molecular weight excluding hydrogens is 268 g/mol. The Labute approximate surface area is 127 Å². The van der Waals surface area contributed by atoms with E-state index in [9.17, 15) is 4.79 Å². The minimum Gasteiger partial charge on any atom is -0.497 e. The molecule has 2 amide bonds. The number of ether oxygens (including phenoxy) is 2. The summed E-state index contributed by atoms with van der Waals surface area (Å²) < 4.78 is 10.6.